The molecule has 0 aliphatic carbocycles. The third-order valence-electron chi connectivity index (χ3n) is 4.88. The molecule has 0 radical (unpaired) electrons. The van der Waals surface area contributed by atoms with Gasteiger partial charge in [-0.3, -0.25) is 0 Å². The summed E-state index contributed by atoms with van der Waals surface area (Å²) in [5.74, 6) is -0.632. The van der Waals surface area contributed by atoms with Crippen molar-refractivity contribution in [2.24, 2.45) is 5.73 Å². The fourth-order valence-corrected chi connectivity index (χ4v) is 3.89. The lowest BCUT2D eigenvalue weighted by molar-refractivity contribution is 0.00617. The summed E-state index contributed by atoms with van der Waals surface area (Å²) in [4.78, 5) is 12.7. The molecule has 4 rings (SSSR count). The topological polar surface area (TPSA) is 138 Å². The van der Waals surface area contributed by atoms with Crippen LogP contribution in [0.25, 0.3) is 0 Å². The smallest absolute Gasteiger partial charge is 0.404 e. The van der Waals surface area contributed by atoms with Crippen molar-refractivity contribution in [2.75, 3.05) is 18.1 Å². The number of fused-ring (bicyclic) bond motifs is 5. The average molecular weight is 307 g/mol. The van der Waals surface area contributed by atoms with Gasteiger partial charge >= 0.3 is 6.09 Å². The number of hydrogen-bond donors (Lipinski definition) is 5. The van der Waals surface area contributed by atoms with Crippen LogP contribution >= 0.6 is 0 Å². The van der Waals surface area contributed by atoms with E-state index in [0.717, 1.165) is 0 Å². The summed E-state index contributed by atoms with van der Waals surface area (Å²) in [6.45, 7) is 0.266. The number of carbonyl (C=O) groups excluding carboxylic acids is 1. The Morgan fingerprint density at radius 2 is 2.32 bits per heavy atom. The predicted octanol–water partition coefficient (Wildman–Crippen LogP) is -1.07. The van der Waals surface area contributed by atoms with E-state index in [1.54, 1.807) is 6.07 Å². The number of nitrogens with zero attached hydrogens (tertiary/aromatic N) is 1. The van der Waals surface area contributed by atoms with Gasteiger partial charge in [0.15, 0.2) is 5.72 Å². The van der Waals surface area contributed by atoms with Crippen molar-refractivity contribution in [1.29, 1.82) is 0 Å². The van der Waals surface area contributed by atoms with Crippen LogP contribution in [-0.2, 0) is 11.3 Å². The van der Waals surface area contributed by atoms with Gasteiger partial charge in [0.1, 0.15) is 12.4 Å². The Labute approximate surface area is 126 Å². The minimum atomic E-state index is -1.27. The van der Waals surface area contributed by atoms with Crippen LogP contribution in [0.5, 0.6) is 5.75 Å². The molecule has 4 atom stereocenters. The van der Waals surface area contributed by atoms with E-state index < -0.39 is 17.7 Å². The van der Waals surface area contributed by atoms with E-state index in [2.05, 4.69) is 5.32 Å². The van der Waals surface area contributed by atoms with Gasteiger partial charge in [-0.1, -0.05) is 0 Å². The molecule has 0 saturated carbocycles. The SMILES string of the molecule is NC(=O)OC[C@H]1c2c(O)cc(CO)cc2N2C[C@@H]3N[C@@H]3C12O. The van der Waals surface area contributed by atoms with Crippen LogP contribution in [0.3, 0.4) is 0 Å². The van der Waals surface area contributed by atoms with Crippen LogP contribution in [0, 0.1) is 0 Å². The average Bonchev–Trinajstić information content (AvgIpc) is 3.13. The number of amides is 1. The minimum absolute atomic E-state index is 0.0281. The highest BCUT2D eigenvalue weighted by atomic mass is 16.5. The van der Waals surface area contributed by atoms with Crippen LogP contribution in [0.15, 0.2) is 12.1 Å². The number of nitrogens with one attached hydrogen (secondary N) is 1. The fraction of sp³-hybridized carbons (Fsp3) is 0.500. The molecular formula is C14H17N3O5. The van der Waals surface area contributed by atoms with Gasteiger partial charge in [0.25, 0.3) is 0 Å². The van der Waals surface area contributed by atoms with Gasteiger partial charge in [0.2, 0.25) is 0 Å². The summed E-state index contributed by atoms with van der Waals surface area (Å²) < 4.78 is 4.90. The third-order valence-corrected chi connectivity index (χ3v) is 4.88. The van der Waals surface area contributed by atoms with Crippen molar-refractivity contribution in [3.05, 3.63) is 23.3 Å². The van der Waals surface area contributed by atoms with E-state index in [1.807, 2.05) is 4.90 Å². The van der Waals surface area contributed by atoms with E-state index in [0.29, 0.717) is 23.4 Å². The molecule has 1 amide bonds. The quantitative estimate of drug-likeness (QED) is 0.448. The number of aliphatic hydroxyl groups is 2. The molecule has 0 bridgehead atoms. The molecule has 8 nitrogen and oxygen atoms in total. The number of carbonyl (C=O) groups is 1. The number of aliphatic hydroxyl groups excluding tert-OH is 1. The van der Waals surface area contributed by atoms with Crippen molar-refractivity contribution in [1.82, 2.24) is 5.32 Å². The van der Waals surface area contributed by atoms with Gasteiger partial charge in [-0.05, 0) is 17.7 Å². The van der Waals surface area contributed by atoms with Crippen LogP contribution < -0.4 is 16.0 Å². The molecule has 1 aromatic rings. The molecule has 3 aliphatic heterocycles. The van der Waals surface area contributed by atoms with E-state index >= 15 is 0 Å². The van der Waals surface area contributed by atoms with Crippen LogP contribution in [0.2, 0.25) is 0 Å². The fourth-order valence-electron chi connectivity index (χ4n) is 3.89. The number of benzene rings is 1. The van der Waals surface area contributed by atoms with E-state index in [4.69, 9.17) is 10.5 Å². The number of aromatic hydroxyl groups is 1. The molecule has 0 aromatic heterocycles. The molecular weight excluding hydrogens is 290 g/mol. The number of rotatable bonds is 3. The van der Waals surface area contributed by atoms with Crippen LogP contribution in [0.4, 0.5) is 10.5 Å². The minimum Gasteiger partial charge on any atom is -0.508 e. The van der Waals surface area contributed by atoms with Gasteiger partial charge in [0.05, 0.1) is 18.6 Å². The summed E-state index contributed by atoms with van der Waals surface area (Å²) in [5.41, 5.74) is 5.51. The molecule has 3 heterocycles. The number of phenols is 1. The lowest BCUT2D eigenvalue weighted by atomic mass is 9.89. The summed E-state index contributed by atoms with van der Waals surface area (Å²) in [7, 11) is 0. The molecule has 8 heteroatoms. The Balaban J connectivity index is 1.81. The van der Waals surface area contributed by atoms with Crippen LogP contribution in [0.1, 0.15) is 17.0 Å². The number of hydrogen-bond acceptors (Lipinski definition) is 7. The van der Waals surface area contributed by atoms with Crippen molar-refractivity contribution < 1.29 is 24.9 Å². The number of piperazine rings is 1. The zero-order valence-corrected chi connectivity index (χ0v) is 11.7. The van der Waals surface area contributed by atoms with E-state index in [9.17, 15) is 20.1 Å². The van der Waals surface area contributed by atoms with Gasteiger partial charge in [0, 0.05) is 23.8 Å². The second kappa shape index (κ2) is 4.25. The Bertz CT molecular complexity index is 666. The molecule has 2 fully saturated rings. The highest BCUT2D eigenvalue weighted by molar-refractivity contribution is 5.72. The second-order valence-electron chi connectivity index (χ2n) is 6.03. The molecule has 0 spiro atoms. The molecule has 1 aromatic carbocycles. The van der Waals surface area contributed by atoms with E-state index in [-0.39, 0.29) is 31.0 Å². The first-order valence-electron chi connectivity index (χ1n) is 7.11. The number of ether oxygens (including phenoxy) is 1. The number of phenolic OH excluding ortho intramolecular Hbond substituents is 1. The van der Waals surface area contributed by atoms with E-state index in [1.165, 1.54) is 6.07 Å². The molecule has 1 unspecified atom stereocenters. The zero-order valence-electron chi connectivity index (χ0n) is 11.7. The second-order valence-corrected chi connectivity index (χ2v) is 6.03. The third kappa shape index (κ3) is 1.59. The molecule has 118 valence electrons. The van der Waals surface area contributed by atoms with Crippen molar-refractivity contribution in [2.45, 2.75) is 30.3 Å². The van der Waals surface area contributed by atoms with Crippen LogP contribution in [-0.4, -0.2) is 52.4 Å². The van der Waals surface area contributed by atoms with Gasteiger partial charge in [-0.15, -0.1) is 0 Å². The Morgan fingerprint density at radius 3 is 3.00 bits per heavy atom. The summed E-state index contributed by atoms with van der Waals surface area (Å²) in [6.07, 6.45) is -0.923. The van der Waals surface area contributed by atoms with Crippen molar-refractivity contribution in [3.63, 3.8) is 0 Å². The van der Waals surface area contributed by atoms with Gasteiger partial charge in [-0.25, -0.2) is 4.79 Å². The standard InChI is InChI=1S/C14H17N3O5/c15-13(20)22-5-7-11-9(1-6(4-18)2-10(11)19)17-3-8-12(16-8)14(7,17)21/h1-2,7-8,12,16,18-19,21H,3-5H2,(H2,15,20)/t7-,8-,12-,14?/m0/s1. The Hall–Kier alpha value is -2.03. The van der Waals surface area contributed by atoms with Crippen molar-refractivity contribution >= 4 is 11.8 Å². The number of anilines is 1. The molecule has 2 saturated heterocycles. The number of primary amides is 1. The maximum atomic E-state index is 11.2. The predicted molar refractivity (Wildman–Crippen MR) is 75.3 cm³/mol. The largest absolute Gasteiger partial charge is 0.508 e. The maximum absolute atomic E-state index is 11.2. The Kier molecular flexibility index (Phi) is 2.63. The first-order chi connectivity index (χ1) is 10.5. The summed E-state index contributed by atoms with van der Waals surface area (Å²) in [5, 5.41) is 34.0. The maximum Gasteiger partial charge on any atom is 0.404 e. The first-order valence-corrected chi connectivity index (χ1v) is 7.11. The van der Waals surface area contributed by atoms with Gasteiger partial charge < -0.3 is 36.0 Å². The summed E-state index contributed by atoms with van der Waals surface area (Å²) >= 11 is 0. The molecule has 3 aliphatic rings. The monoisotopic (exact) mass is 307 g/mol. The zero-order chi connectivity index (χ0) is 15.6. The van der Waals surface area contributed by atoms with Crippen molar-refractivity contribution in [3.8, 4) is 5.75 Å². The molecule has 22 heavy (non-hydrogen) atoms. The highest BCUT2D eigenvalue weighted by Gasteiger charge is 2.69. The Morgan fingerprint density at radius 1 is 1.55 bits per heavy atom. The molecule has 6 N–H and O–H groups in total. The normalized spacial score (nSPS) is 34.1. The first kappa shape index (κ1) is 13.6. The highest BCUT2D eigenvalue weighted by Crippen LogP contribution is 2.57. The lowest BCUT2D eigenvalue weighted by Gasteiger charge is -2.35. The number of nitrogens with two attached hydrogens (primary N) is 1. The van der Waals surface area contributed by atoms with Gasteiger partial charge in [-0.2, -0.15) is 0 Å². The lowest BCUT2D eigenvalue weighted by Crippen LogP contribution is -2.52. The summed E-state index contributed by atoms with van der Waals surface area (Å²) in [6, 6.07) is 3.24.